The first-order valence-electron chi connectivity index (χ1n) is 9.81. The molecule has 0 aromatic heterocycles. The molecule has 1 amide bonds. The van der Waals surface area contributed by atoms with Gasteiger partial charge in [-0.05, 0) is 29.5 Å². The van der Waals surface area contributed by atoms with Crippen molar-refractivity contribution in [2.75, 3.05) is 0 Å². The largest absolute Gasteiger partial charge is 0.272 e. The summed E-state index contributed by atoms with van der Waals surface area (Å²) in [5.74, 6) is -0.517. The number of hydrogen-bond acceptors (Lipinski definition) is 2. The van der Waals surface area contributed by atoms with Crippen LogP contribution in [0.25, 0.3) is 0 Å². The van der Waals surface area contributed by atoms with Gasteiger partial charge in [0.05, 0.1) is 11.6 Å². The summed E-state index contributed by atoms with van der Waals surface area (Å²) < 4.78 is 0. The Balaban J connectivity index is 1.87. The average Bonchev–Trinajstić information content (AvgIpc) is 2.76. The van der Waals surface area contributed by atoms with E-state index in [1.807, 2.05) is 91.0 Å². The molecule has 0 saturated carbocycles. The van der Waals surface area contributed by atoms with Gasteiger partial charge in [0.1, 0.15) is 0 Å². The molecule has 0 bridgehead atoms. The third-order valence-electron chi connectivity index (χ3n) is 4.70. The molecule has 3 aromatic rings. The lowest BCUT2D eigenvalue weighted by molar-refractivity contribution is -0.121. The molecule has 0 spiro atoms. The predicted octanol–water partition coefficient (Wildman–Crippen LogP) is 5.53. The molecule has 3 nitrogen and oxygen atoms in total. The van der Waals surface area contributed by atoms with Crippen LogP contribution in [0.3, 0.4) is 0 Å². The van der Waals surface area contributed by atoms with Gasteiger partial charge in [-0.3, -0.25) is 4.79 Å². The topological polar surface area (TPSA) is 41.5 Å². The molecule has 0 radical (unpaired) electrons. The minimum Gasteiger partial charge on any atom is -0.272 e. The Kier molecular flexibility index (Phi) is 7.14. The molecule has 0 fully saturated rings. The molecular formula is C25H26N2O. The summed E-state index contributed by atoms with van der Waals surface area (Å²) in [6.07, 6.45) is 2.95. The van der Waals surface area contributed by atoms with Crippen molar-refractivity contribution < 1.29 is 4.79 Å². The van der Waals surface area contributed by atoms with Gasteiger partial charge in [0.15, 0.2) is 0 Å². The first-order chi connectivity index (χ1) is 13.8. The van der Waals surface area contributed by atoms with Crippen LogP contribution in [-0.4, -0.2) is 11.6 Å². The van der Waals surface area contributed by atoms with E-state index in [0.29, 0.717) is 0 Å². The van der Waals surface area contributed by atoms with Crippen LogP contribution in [0, 0.1) is 0 Å². The van der Waals surface area contributed by atoms with E-state index in [-0.39, 0.29) is 5.91 Å². The van der Waals surface area contributed by atoms with Gasteiger partial charge in [-0.15, -0.1) is 0 Å². The number of carbonyl (C=O) groups is 1. The molecule has 0 unspecified atom stereocenters. The van der Waals surface area contributed by atoms with Gasteiger partial charge in [-0.2, -0.15) is 5.10 Å². The maximum atomic E-state index is 13.1. The molecular weight excluding hydrogens is 344 g/mol. The van der Waals surface area contributed by atoms with Crippen LogP contribution in [0.1, 0.15) is 48.8 Å². The number of carbonyl (C=O) groups excluding carboxylic acids is 1. The molecule has 3 aromatic carbocycles. The third-order valence-corrected chi connectivity index (χ3v) is 4.70. The Bertz CT molecular complexity index is 850. The zero-order valence-electron chi connectivity index (χ0n) is 16.2. The van der Waals surface area contributed by atoms with Gasteiger partial charge in [-0.25, -0.2) is 5.43 Å². The van der Waals surface area contributed by atoms with Gasteiger partial charge >= 0.3 is 0 Å². The minimum absolute atomic E-state index is 0.123. The van der Waals surface area contributed by atoms with Gasteiger partial charge < -0.3 is 0 Å². The van der Waals surface area contributed by atoms with Gasteiger partial charge in [0.2, 0.25) is 0 Å². The van der Waals surface area contributed by atoms with E-state index in [1.165, 1.54) is 0 Å². The van der Waals surface area contributed by atoms with E-state index >= 15 is 0 Å². The van der Waals surface area contributed by atoms with Crippen LogP contribution in [0.4, 0.5) is 0 Å². The summed E-state index contributed by atoms with van der Waals surface area (Å²) >= 11 is 0. The summed E-state index contributed by atoms with van der Waals surface area (Å²) in [6, 6.07) is 29.7. The van der Waals surface area contributed by atoms with Gasteiger partial charge in [0, 0.05) is 0 Å². The fraction of sp³-hybridized carbons (Fsp3) is 0.200. The number of nitrogens with zero attached hydrogens (tertiary/aromatic N) is 1. The minimum atomic E-state index is -0.394. The maximum Gasteiger partial charge on any atom is 0.252 e. The second-order valence-corrected chi connectivity index (χ2v) is 6.76. The van der Waals surface area contributed by atoms with Crippen LogP contribution >= 0.6 is 0 Å². The van der Waals surface area contributed by atoms with Crippen molar-refractivity contribution in [1.29, 1.82) is 0 Å². The highest BCUT2D eigenvalue weighted by Gasteiger charge is 2.22. The molecule has 28 heavy (non-hydrogen) atoms. The van der Waals surface area contributed by atoms with Crippen molar-refractivity contribution in [3.8, 4) is 0 Å². The first-order valence-corrected chi connectivity index (χ1v) is 9.81. The van der Waals surface area contributed by atoms with E-state index in [4.69, 9.17) is 0 Å². The highest BCUT2D eigenvalue weighted by atomic mass is 16.2. The standard InChI is InChI=1S/C25H26N2O/c1-2-3-19-23(20-13-7-4-8-14-20)26-27-25(28)24(21-15-9-5-10-16-21)22-17-11-6-12-18-22/h4-18,24H,2-3,19H2,1H3,(H,27,28)/b26-23+. The number of nitrogens with one attached hydrogen (secondary N) is 1. The number of amides is 1. The molecule has 0 heterocycles. The number of benzene rings is 3. The van der Waals surface area contributed by atoms with E-state index in [1.54, 1.807) is 0 Å². The average molecular weight is 370 g/mol. The Labute approximate surface area is 167 Å². The summed E-state index contributed by atoms with van der Waals surface area (Å²) in [5.41, 5.74) is 6.71. The van der Waals surface area contributed by atoms with Crippen molar-refractivity contribution >= 4 is 11.6 Å². The van der Waals surface area contributed by atoms with E-state index in [2.05, 4.69) is 17.5 Å². The summed E-state index contributed by atoms with van der Waals surface area (Å²) in [4.78, 5) is 13.1. The monoisotopic (exact) mass is 370 g/mol. The smallest absolute Gasteiger partial charge is 0.252 e. The fourth-order valence-electron chi connectivity index (χ4n) is 3.21. The Morgan fingerprint density at radius 2 is 1.32 bits per heavy atom. The zero-order chi connectivity index (χ0) is 19.6. The van der Waals surface area contributed by atoms with Crippen molar-refractivity contribution in [3.63, 3.8) is 0 Å². The van der Waals surface area contributed by atoms with Crippen molar-refractivity contribution in [2.24, 2.45) is 5.10 Å². The molecule has 0 aliphatic rings. The maximum absolute atomic E-state index is 13.1. The Morgan fingerprint density at radius 1 is 0.821 bits per heavy atom. The molecule has 0 saturated heterocycles. The van der Waals surface area contributed by atoms with Gasteiger partial charge in [0.25, 0.3) is 5.91 Å². The molecule has 0 atom stereocenters. The SMILES string of the molecule is CCCC/C(=N\NC(=O)C(c1ccccc1)c1ccccc1)c1ccccc1. The van der Waals surface area contributed by atoms with Crippen LogP contribution in [0.15, 0.2) is 96.1 Å². The second kappa shape index (κ2) is 10.2. The lowest BCUT2D eigenvalue weighted by atomic mass is 9.91. The zero-order valence-corrected chi connectivity index (χ0v) is 16.2. The van der Waals surface area contributed by atoms with E-state index in [0.717, 1.165) is 41.7 Å². The number of hydrogen-bond donors (Lipinski definition) is 1. The molecule has 3 rings (SSSR count). The van der Waals surface area contributed by atoms with Crippen LogP contribution in [0.2, 0.25) is 0 Å². The van der Waals surface area contributed by atoms with E-state index in [9.17, 15) is 4.79 Å². The van der Waals surface area contributed by atoms with Crippen molar-refractivity contribution in [2.45, 2.75) is 32.1 Å². The van der Waals surface area contributed by atoms with Gasteiger partial charge in [-0.1, -0.05) is 104 Å². The Morgan fingerprint density at radius 3 is 1.82 bits per heavy atom. The quantitative estimate of drug-likeness (QED) is 0.411. The predicted molar refractivity (Wildman–Crippen MR) is 115 cm³/mol. The first kappa shape index (κ1) is 19.6. The normalized spacial score (nSPS) is 11.4. The molecule has 0 aliphatic heterocycles. The van der Waals surface area contributed by atoms with E-state index < -0.39 is 5.92 Å². The van der Waals surface area contributed by atoms with Crippen molar-refractivity contribution in [3.05, 3.63) is 108 Å². The highest BCUT2D eigenvalue weighted by molar-refractivity contribution is 6.01. The molecule has 0 aliphatic carbocycles. The lowest BCUT2D eigenvalue weighted by Gasteiger charge is -2.17. The number of hydrazone groups is 1. The number of unbranched alkanes of at least 4 members (excludes halogenated alkanes) is 1. The molecule has 1 N–H and O–H groups in total. The number of rotatable bonds is 8. The Hall–Kier alpha value is -3.20. The summed E-state index contributed by atoms with van der Waals surface area (Å²) in [6.45, 7) is 2.15. The third kappa shape index (κ3) is 5.17. The highest BCUT2D eigenvalue weighted by Crippen LogP contribution is 2.24. The van der Waals surface area contributed by atoms with Crippen LogP contribution in [0.5, 0.6) is 0 Å². The second-order valence-electron chi connectivity index (χ2n) is 6.76. The van der Waals surface area contributed by atoms with Crippen LogP contribution < -0.4 is 5.43 Å². The van der Waals surface area contributed by atoms with Crippen LogP contribution in [-0.2, 0) is 4.79 Å². The van der Waals surface area contributed by atoms with Crippen molar-refractivity contribution in [1.82, 2.24) is 5.43 Å². The summed E-state index contributed by atoms with van der Waals surface area (Å²) in [5, 5.41) is 4.52. The molecule has 3 heteroatoms. The lowest BCUT2D eigenvalue weighted by Crippen LogP contribution is -2.27. The fourth-order valence-corrected chi connectivity index (χ4v) is 3.21. The molecule has 142 valence electrons. The summed E-state index contributed by atoms with van der Waals surface area (Å²) in [7, 11) is 0.